The zero-order chi connectivity index (χ0) is 14.6. The molecule has 1 aliphatic rings. The molecule has 1 fully saturated rings. The Morgan fingerprint density at radius 3 is 2.70 bits per heavy atom. The van der Waals surface area contributed by atoms with Crippen LogP contribution in [0.5, 0.6) is 0 Å². The summed E-state index contributed by atoms with van der Waals surface area (Å²) in [6, 6.07) is 1.37. The summed E-state index contributed by atoms with van der Waals surface area (Å²) in [5.74, 6) is -0.325. The average Bonchev–Trinajstić information content (AvgIpc) is 2.95. The number of carboxylic acid groups (broad SMARTS) is 1. The van der Waals surface area contributed by atoms with Crippen LogP contribution in [0, 0.1) is 6.92 Å². The summed E-state index contributed by atoms with van der Waals surface area (Å²) < 4.78 is 4.99. The van der Waals surface area contributed by atoms with Crippen LogP contribution >= 0.6 is 0 Å². The maximum atomic E-state index is 11.9. The van der Waals surface area contributed by atoms with E-state index in [0.717, 1.165) is 18.5 Å². The van der Waals surface area contributed by atoms with E-state index in [1.807, 2.05) is 0 Å². The topological polar surface area (TPSA) is 104 Å². The van der Waals surface area contributed by atoms with E-state index < -0.39 is 11.5 Å². The molecule has 20 heavy (non-hydrogen) atoms. The number of aliphatic carboxylic acids is 1. The molecule has 0 aromatic carbocycles. The van der Waals surface area contributed by atoms with Crippen LogP contribution in [0.1, 0.15) is 43.6 Å². The number of hydrogen-bond donors (Lipinski definition) is 3. The lowest BCUT2D eigenvalue weighted by Crippen LogP contribution is -2.51. The fourth-order valence-corrected chi connectivity index (χ4v) is 2.64. The highest BCUT2D eigenvalue weighted by molar-refractivity contribution is 5.76. The summed E-state index contributed by atoms with van der Waals surface area (Å²) in [6.45, 7) is 2.03. The maximum absolute atomic E-state index is 11.9. The molecule has 1 aromatic heterocycles. The van der Waals surface area contributed by atoms with Gasteiger partial charge in [0.2, 0.25) is 0 Å². The van der Waals surface area contributed by atoms with Gasteiger partial charge < -0.3 is 20.3 Å². The van der Waals surface area contributed by atoms with Gasteiger partial charge in [0.25, 0.3) is 0 Å². The van der Waals surface area contributed by atoms with Crippen LogP contribution < -0.4 is 10.6 Å². The van der Waals surface area contributed by atoms with Gasteiger partial charge in [0.05, 0.1) is 24.2 Å². The fraction of sp³-hybridized carbons (Fsp3) is 0.615. The molecular weight excluding hydrogens is 262 g/mol. The van der Waals surface area contributed by atoms with Crippen molar-refractivity contribution in [1.82, 2.24) is 15.8 Å². The summed E-state index contributed by atoms with van der Waals surface area (Å²) in [4.78, 5) is 22.8. The molecule has 3 N–H and O–H groups in total. The largest absolute Gasteiger partial charge is 0.481 e. The Kier molecular flexibility index (Phi) is 4.26. The van der Waals surface area contributed by atoms with Crippen molar-refractivity contribution >= 4 is 12.0 Å². The highest BCUT2D eigenvalue weighted by Gasteiger charge is 2.37. The molecule has 2 amide bonds. The number of carbonyl (C=O) groups excluding carboxylic acids is 1. The van der Waals surface area contributed by atoms with Gasteiger partial charge in [-0.2, -0.15) is 0 Å². The summed E-state index contributed by atoms with van der Waals surface area (Å²) in [6.07, 6.45) is 3.24. The van der Waals surface area contributed by atoms with Crippen molar-refractivity contribution in [2.45, 2.75) is 51.1 Å². The molecule has 1 saturated carbocycles. The highest BCUT2D eigenvalue weighted by atomic mass is 16.5. The van der Waals surface area contributed by atoms with Crippen LogP contribution in [0.15, 0.2) is 10.6 Å². The fourth-order valence-electron chi connectivity index (χ4n) is 2.64. The lowest BCUT2D eigenvalue weighted by Gasteiger charge is -2.28. The molecule has 1 aliphatic carbocycles. The van der Waals surface area contributed by atoms with E-state index in [0.29, 0.717) is 18.6 Å². The first-order valence-corrected chi connectivity index (χ1v) is 6.69. The van der Waals surface area contributed by atoms with Crippen LogP contribution in [0.4, 0.5) is 4.79 Å². The number of rotatable bonds is 5. The predicted octanol–water partition coefficient (Wildman–Crippen LogP) is 1.57. The molecule has 7 heteroatoms. The van der Waals surface area contributed by atoms with Crippen molar-refractivity contribution in [1.29, 1.82) is 0 Å². The van der Waals surface area contributed by atoms with Gasteiger partial charge in [-0.25, -0.2) is 4.79 Å². The Morgan fingerprint density at radius 2 is 2.15 bits per heavy atom. The number of carboxylic acids is 1. The summed E-state index contributed by atoms with van der Waals surface area (Å²) >= 11 is 0. The second-order valence-electron chi connectivity index (χ2n) is 5.30. The number of nitrogens with one attached hydrogen (secondary N) is 2. The van der Waals surface area contributed by atoms with Crippen molar-refractivity contribution in [3.05, 3.63) is 17.5 Å². The summed E-state index contributed by atoms with van der Waals surface area (Å²) in [7, 11) is 0. The van der Waals surface area contributed by atoms with Gasteiger partial charge in [0.1, 0.15) is 0 Å². The molecule has 0 aliphatic heterocycles. The number of aryl methyl sites for hydroxylation is 1. The molecule has 7 nitrogen and oxygen atoms in total. The lowest BCUT2D eigenvalue weighted by molar-refractivity contribution is -0.138. The number of aromatic nitrogens is 1. The Bertz CT molecular complexity index is 492. The van der Waals surface area contributed by atoms with Crippen LogP contribution in [-0.4, -0.2) is 27.8 Å². The lowest BCUT2D eigenvalue weighted by atomic mass is 9.93. The number of hydrogen-bond acceptors (Lipinski definition) is 4. The molecule has 0 atom stereocenters. The van der Waals surface area contributed by atoms with Gasteiger partial charge in [0.15, 0.2) is 5.76 Å². The van der Waals surface area contributed by atoms with Crippen molar-refractivity contribution < 1.29 is 19.2 Å². The van der Waals surface area contributed by atoms with Gasteiger partial charge in [-0.15, -0.1) is 0 Å². The van der Waals surface area contributed by atoms with Crippen molar-refractivity contribution in [2.75, 3.05) is 0 Å². The minimum absolute atomic E-state index is 0.0398. The first kappa shape index (κ1) is 14.4. The molecule has 0 unspecified atom stereocenters. The summed E-state index contributed by atoms with van der Waals surface area (Å²) in [5, 5.41) is 18.2. The second-order valence-corrected chi connectivity index (χ2v) is 5.30. The quantitative estimate of drug-likeness (QED) is 0.760. The van der Waals surface area contributed by atoms with Gasteiger partial charge in [-0.1, -0.05) is 18.0 Å². The molecule has 1 heterocycles. The number of urea groups is 1. The van der Waals surface area contributed by atoms with E-state index in [2.05, 4.69) is 15.8 Å². The molecule has 0 radical (unpaired) electrons. The Labute approximate surface area is 116 Å². The third-order valence-electron chi connectivity index (χ3n) is 3.53. The first-order chi connectivity index (χ1) is 9.49. The van der Waals surface area contributed by atoms with Gasteiger partial charge in [-0.05, 0) is 19.8 Å². The molecule has 2 rings (SSSR count). The minimum Gasteiger partial charge on any atom is -0.481 e. The summed E-state index contributed by atoms with van der Waals surface area (Å²) in [5.41, 5.74) is 0.133. The van der Waals surface area contributed by atoms with Crippen LogP contribution in [0.25, 0.3) is 0 Å². The zero-order valence-electron chi connectivity index (χ0n) is 11.4. The average molecular weight is 281 g/mol. The molecule has 0 bridgehead atoms. The SMILES string of the molecule is Cc1cc(CNC(=O)NC2(CC(=O)O)CCCC2)on1. The molecule has 0 saturated heterocycles. The monoisotopic (exact) mass is 281 g/mol. The van der Waals surface area contributed by atoms with Crippen LogP contribution in [-0.2, 0) is 11.3 Å². The van der Waals surface area contributed by atoms with E-state index in [9.17, 15) is 9.59 Å². The Morgan fingerprint density at radius 1 is 1.45 bits per heavy atom. The van der Waals surface area contributed by atoms with Gasteiger partial charge in [0, 0.05) is 6.07 Å². The molecule has 110 valence electrons. The predicted molar refractivity (Wildman–Crippen MR) is 70.1 cm³/mol. The van der Waals surface area contributed by atoms with Crippen molar-refractivity contribution in [3.63, 3.8) is 0 Å². The van der Waals surface area contributed by atoms with Crippen LogP contribution in [0.2, 0.25) is 0 Å². The second kappa shape index (κ2) is 5.94. The van der Waals surface area contributed by atoms with E-state index in [1.54, 1.807) is 13.0 Å². The van der Waals surface area contributed by atoms with Crippen molar-refractivity contribution in [3.8, 4) is 0 Å². The normalized spacial score (nSPS) is 16.9. The minimum atomic E-state index is -0.891. The number of nitrogens with zero attached hydrogens (tertiary/aromatic N) is 1. The number of amides is 2. The molecular formula is C13H19N3O4. The third kappa shape index (κ3) is 3.72. The van der Waals surface area contributed by atoms with Gasteiger partial charge >= 0.3 is 12.0 Å². The van der Waals surface area contributed by atoms with E-state index in [4.69, 9.17) is 9.63 Å². The standard InChI is InChI=1S/C13H19N3O4/c1-9-6-10(20-16-9)8-14-12(19)15-13(7-11(17)18)4-2-3-5-13/h6H,2-5,7-8H2,1H3,(H,17,18)(H2,14,15,19). The number of carbonyl (C=O) groups is 2. The van der Waals surface area contributed by atoms with Crippen molar-refractivity contribution in [2.24, 2.45) is 0 Å². The van der Waals surface area contributed by atoms with Gasteiger partial charge in [-0.3, -0.25) is 4.79 Å². The Hall–Kier alpha value is -2.05. The first-order valence-electron chi connectivity index (χ1n) is 6.69. The van der Waals surface area contributed by atoms with E-state index >= 15 is 0 Å². The maximum Gasteiger partial charge on any atom is 0.315 e. The van der Waals surface area contributed by atoms with Crippen LogP contribution in [0.3, 0.4) is 0 Å². The Balaban J connectivity index is 1.87. The van der Waals surface area contributed by atoms with E-state index in [1.165, 1.54) is 0 Å². The third-order valence-corrected chi connectivity index (χ3v) is 3.53. The smallest absolute Gasteiger partial charge is 0.315 e. The van der Waals surface area contributed by atoms with E-state index in [-0.39, 0.29) is 19.0 Å². The molecule has 1 aromatic rings. The molecule has 0 spiro atoms. The zero-order valence-corrected chi connectivity index (χ0v) is 11.4. The highest BCUT2D eigenvalue weighted by Crippen LogP contribution is 2.32.